The van der Waals surface area contributed by atoms with Crippen molar-refractivity contribution in [1.82, 2.24) is 25.4 Å². The van der Waals surface area contributed by atoms with Crippen LogP contribution >= 0.6 is 0 Å². The number of hydrogen-bond acceptors (Lipinski definition) is 7. The molecule has 0 spiro atoms. The van der Waals surface area contributed by atoms with E-state index in [0.29, 0.717) is 49.4 Å². The molecule has 0 bridgehead atoms. The zero-order valence-electron chi connectivity index (χ0n) is 29.1. The van der Waals surface area contributed by atoms with Gasteiger partial charge in [-0.15, -0.1) is 0 Å². The molecule has 2 aromatic heterocycles. The molecule has 1 aliphatic rings. The summed E-state index contributed by atoms with van der Waals surface area (Å²) in [7, 11) is 0. The summed E-state index contributed by atoms with van der Waals surface area (Å²) in [4.78, 5) is 43.3. The Balaban J connectivity index is 1.19. The van der Waals surface area contributed by atoms with Crippen LogP contribution in [0.4, 0.5) is 5.69 Å². The van der Waals surface area contributed by atoms with E-state index >= 15 is 0 Å². The standard InChI is InChI=1S/C40H44N6O4/c1-5-36-34(37(44-32-12-14-50-15-13-32)35-23-43-46(6-2)38(35)45-36)22-42-40(49)31-17-25(3)16-30(20-31)39(48)41-21-27-11-10-26(4)33(19-27)29-9-7-8-28(18-29)24-47/h7-11,16-20,23-24,32H,5-6,12-15,21-22H2,1-4H3,(H,41,48)(H,42,49)(H,44,45). The first-order chi connectivity index (χ1) is 24.3. The van der Waals surface area contributed by atoms with E-state index in [1.807, 2.05) is 68.0 Å². The second-order valence-corrected chi connectivity index (χ2v) is 12.8. The maximum atomic E-state index is 13.7. The minimum absolute atomic E-state index is 0.247. The Morgan fingerprint density at radius 3 is 2.38 bits per heavy atom. The number of carbonyl (C=O) groups excluding carboxylic acids is 3. The lowest BCUT2D eigenvalue weighted by molar-refractivity contribution is 0.0904. The summed E-state index contributed by atoms with van der Waals surface area (Å²) in [5.41, 5.74) is 9.81. The van der Waals surface area contributed by atoms with Gasteiger partial charge in [-0.3, -0.25) is 14.4 Å². The third kappa shape index (κ3) is 7.60. The van der Waals surface area contributed by atoms with Gasteiger partial charge in [0.25, 0.3) is 11.8 Å². The summed E-state index contributed by atoms with van der Waals surface area (Å²) in [6.07, 6.45) is 5.18. The summed E-state index contributed by atoms with van der Waals surface area (Å²) in [5.74, 6) is -0.543. The van der Waals surface area contributed by atoms with Gasteiger partial charge in [-0.25, -0.2) is 9.67 Å². The van der Waals surface area contributed by atoms with E-state index in [1.54, 1.807) is 24.3 Å². The number of amides is 2. The molecule has 0 atom stereocenters. The summed E-state index contributed by atoms with van der Waals surface area (Å²) in [5, 5.41) is 15.4. The summed E-state index contributed by atoms with van der Waals surface area (Å²) in [6, 6.07) is 18.9. The van der Waals surface area contributed by atoms with E-state index in [4.69, 9.17) is 9.72 Å². The first kappa shape index (κ1) is 34.5. The highest BCUT2D eigenvalue weighted by molar-refractivity contribution is 6.00. The van der Waals surface area contributed by atoms with Crippen molar-refractivity contribution >= 4 is 34.8 Å². The molecule has 258 valence electrons. The van der Waals surface area contributed by atoms with E-state index in [0.717, 1.165) is 74.9 Å². The summed E-state index contributed by atoms with van der Waals surface area (Å²) in [6.45, 7) is 10.7. The molecule has 5 aromatic rings. The highest BCUT2D eigenvalue weighted by atomic mass is 16.5. The lowest BCUT2D eigenvalue weighted by Gasteiger charge is -2.26. The third-order valence-electron chi connectivity index (χ3n) is 9.29. The molecule has 3 heterocycles. The predicted molar refractivity (Wildman–Crippen MR) is 196 cm³/mol. The van der Waals surface area contributed by atoms with Gasteiger partial charge in [0, 0.05) is 66.8 Å². The number of benzene rings is 3. The van der Waals surface area contributed by atoms with E-state index in [2.05, 4.69) is 28.0 Å². The highest BCUT2D eigenvalue weighted by Crippen LogP contribution is 2.31. The minimum Gasteiger partial charge on any atom is -0.381 e. The molecule has 1 fully saturated rings. The van der Waals surface area contributed by atoms with Crippen molar-refractivity contribution in [2.24, 2.45) is 0 Å². The van der Waals surface area contributed by atoms with Crippen molar-refractivity contribution in [2.75, 3.05) is 18.5 Å². The second kappa shape index (κ2) is 15.5. The molecule has 2 amide bonds. The fraction of sp³-hybridized carbons (Fsp3) is 0.325. The molecule has 3 aromatic carbocycles. The second-order valence-electron chi connectivity index (χ2n) is 12.8. The van der Waals surface area contributed by atoms with E-state index in [1.165, 1.54) is 0 Å². The molecule has 0 aliphatic carbocycles. The highest BCUT2D eigenvalue weighted by Gasteiger charge is 2.22. The fourth-order valence-corrected chi connectivity index (χ4v) is 6.57. The van der Waals surface area contributed by atoms with Gasteiger partial charge >= 0.3 is 0 Å². The Bertz CT molecular complexity index is 2050. The predicted octanol–water partition coefficient (Wildman–Crippen LogP) is 6.56. The van der Waals surface area contributed by atoms with Crippen LogP contribution in [0.2, 0.25) is 0 Å². The fourth-order valence-electron chi connectivity index (χ4n) is 6.57. The number of nitrogens with zero attached hydrogens (tertiary/aromatic N) is 3. The number of pyridine rings is 1. The maximum Gasteiger partial charge on any atom is 0.251 e. The quantitative estimate of drug-likeness (QED) is 0.128. The average molecular weight is 673 g/mol. The molecule has 0 saturated carbocycles. The molecule has 0 radical (unpaired) electrons. The lowest BCUT2D eigenvalue weighted by Crippen LogP contribution is -2.30. The average Bonchev–Trinajstić information content (AvgIpc) is 3.56. The largest absolute Gasteiger partial charge is 0.381 e. The van der Waals surface area contributed by atoms with Crippen LogP contribution in [0.15, 0.2) is 66.9 Å². The Morgan fingerprint density at radius 1 is 0.940 bits per heavy atom. The van der Waals surface area contributed by atoms with Gasteiger partial charge in [-0.1, -0.05) is 37.3 Å². The maximum absolute atomic E-state index is 13.7. The van der Waals surface area contributed by atoms with Crippen LogP contribution in [0.25, 0.3) is 22.2 Å². The van der Waals surface area contributed by atoms with Crippen molar-refractivity contribution in [3.8, 4) is 11.1 Å². The third-order valence-corrected chi connectivity index (χ3v) is 9.29. The summed E-state index contributed by atoms with van der Waals surface area (Å²) >= 11 is 0. The Labute approximate surface area is 292 Å². The topological polar surface area (TPSA) is 127 Å². The summed E-state index contributed by atoms with van der Waals surface area (Å²) < 4.78 is 7.49. The van der Waals surface area contributed by atoms with Gasteiger partial charge in [-0.05, 0) is 98.2 Å². The molecular weight excluding hydrogens is 628 g/mol. The number of aryl methyl sites for hydroxylation is 4. The van der Waals surface area contributed by atoms with E-state index in [9.17, 15) is 14.4 Å². The number of nitrogens with one attached hydrogen (secondary N) is 3. The van der Waals surface area contributed by atoms with Gasteiger partial charge in [-0.2, -0.15) is 5.10 Å². The molecule has 6 rings (SSSR count). The normalized spacial score (nSPS) is 13.3. The molecule has 1 aliphatic heterocycles. The number of ether oxygens (including phenoxy) is 1. The van der Waals surface area contributed by atoms with Crippen LogP contribution < -0.4 is 16.0 Å². The molecule has 1 saturated heterocycles. The number of rotatable bonds is 12. The number of anilines is 1. The zero-order valence-corrected chi connectivity index (χ0v) is 29.1. The van der Waals surface area contributed by atoms with Crippen molar-refractivity contribution in [2.45, 2.75) is 72.6 Å². The molecule has 3 N–H and O–H groups in total. The van der Waals surface area contributed by atoms with Gasteiger partial charge in [0.15, 0.2) is 5.65 Å². The van der Waals surface area contributed by atoms with Crippen LogP contribution in [0.3, 0.4) is 0 Å². The Kier molecular flexibility index (Phi) is 10.7. The van der Waals surface area contributed by atoms with Crippen LogP contribution in [0.1, 0.15) is 85.7 Å². The lowest BCUT2D eigenvalue weighted by atomic mass is 9.97. The van der Waals surface area contributed by atoms with E-state index < -0.39 is 0 Å². The van der Waals surface area contributed by atoms with Crippen LogP contribution in [-0.4, -0.2) is 52.1 Å². The van der Waals surface area contributed by atoms with Crippen molar-refractivity contribution in [3.63, 3.8) is 0 Å². The Hall–Kier alpha value is -5.35. The SMILES string of the molecule is CCc1nc2c(cnn2CC)c(NC2CCOCC2)c1CNC(=O)c1cc(C)cc(C(=O)NCc2ccc(C)c(-c3cccc(C=O)c3)c2)c1. The number of aldehydes is 1. The minimum atomic E-state index is -0.272. The number of aromatic nitrogens is 3. The van der Waals surface area contributed by atoms with Gasteiger partial charge in [0.1, 0.15) is 6.29 Å². The van der Waals surface area contributed by atoms with Crippen molar-refractivity contribution in [3.05, 3.63) is 111 Å². The first-order valence-electron chi connectivity index (χ1n) is 17.3. The van der Waals surface area contributed by atoms with Crippen molar-refractivity contribution in [1.29, 1.82) is 0 Å². The molecule has 10 nitrogen and oxygen atoms in total. The molecule has 50 heavy (non-hydrogen) atoms. The van der Waals surface area contributed by atoms with Crippen molar-refractivity contribution < 1.29 is 19.1 Å². The number of fused-ring (bicyclic) bond motifs is 1. The first-order valence-corrected chi connectivity index (χ1v) is 17.3. The number of hydrogen-bond donors (Lipinski definition) is 3. The monoisotopic (exact) mass is 672 g/mol. The number of carbonyl (C=O) groups is 3. The smallest absolute Gasteiger partial charge is 0.251 e. The molecule has 10 heteroatoms. The van der Waals surface area contributed by atoms with E-state index in [-0.39, 0.29) is 24.4 Å². The van der Waals surface area contributed by atoms with Crippen LogP contribution in [0, 0.1) is 13.8 Å². The molecular formula is C40H44N6O4. The van der Waals surface area contributed by atoms with Gasteiger partial charge in [0.2, 0.25) is 0 Å². The van der Waals surface area contributed by atoms with Gasteiger partial charge in [0.05, 0.1) is 17.3 Å². The van der Waals surface area contributed by atoms with Crippen LogP contribution in [0.5, 0.6) is 0 Å². The van der Waals surface area contributed by atoms with Crippen LogP contribution in [-0.2, 0) is 30.8 Å². The van der Waals surface area contributed by atoms with Gasteiger partial charge < -0.3 is 20.7 Å². The Morgan fingerprint density at radius 2 is 1.68 bits per heavy atom. The zero-order chi connectivity index (χ0) is 35.2. The molecule has 0 unspecified atom stereocenters.